The maximum Gasteiger partial charge on any atom is 3.00 e. The van der Waals surface area contributed by atoms with E-state index in [0.717, 1.165) is 0 Å². The van der Waals surface area contributed by atoms with Crippen LogP contribution >= 0.6 is 0 Å². The molecule has 0 aromatic heterocycles. The summed E-state index contributed by atoms with van der Waals surface area (Å²) in [6.45, 7) is 8.83. The molecule has 0 N–H and O–H groups in total. The zero-order valence-electron chi connectivity index (χ0n) is 8.38. The van der Waals surface area contributed by atoms with Crippen LogP contribution in [-0.2, 0) is 0 Å². The first-order valence-electron chi connectivity index (χ1n) is 3.78. The Hall–Kier alpha value is -0.0505. The summed E-state index contributed by atoms with van der Waals surface area (Å²) in [4.78, 5) is 0. The molecule has 0 bridgehead atoms. The van der Waals surface area contributed by atoms with Gasteiger partial charge in [-0.2, -0.15) is 18.2 Å². The van der Waals surface area contributed by atoms with Crippen molar-refractivity contribution < 1.29 is 57.1 Å². The van der Waals surface area contributed by atoms with Crippen molar-refractivity contribution in [2.45, 2.75) is 13.8 Å². The van der Waals surface area contributed by atoms with E-state index in [-0.39, 0.29) is 58.4 Å². The fourth-order valence-electron chi connectivity index (χ4n) is 0.321. The first kappa shape index (κ1) is 19.5. The van der Waals surface area contributed by atoms with Crippen molar-refractivity contribution in [2.24, 2.45) is 0 Å². The molecule has 0 aliphatic carbocycles. The quantitative estimate of drug-likeness (QED) is 0.520. The Balaban J connectivity index is -0.000000127. The van der Waals surface area contributed by atoms with Gasteiger partial charge in [-0.05, 0) is 0 Å². The minimum absolute atomic E-state index is 0. The summed E-state index contributed by atoms with van der Waals surface area (Å²) in [6.07, 6.45) is 0. The molecule has 0 saturated carbocycles. The van der Waals surface area contributed by atoms with Gasteiger partial charge in [0.25, 0.3) is 0 Å². The molecule has 1 radical (unpaired) electrons. The average Bonchev–Trinajstić information content (AvgIpc) is 2.35. The standard InChI is InChI=1S/C5H5.2C3H6O.Yb/c1-2-4-5-3-1;2*1-3(2)4;/h1-5H;2*4H,1H2,2H3;/q-1;;;+3/p-2. The van der Waals surface area contributed by atoms with E-state index in [2.05, 4.69) is 13.2 Å². The van der Waals surface area contributed by atoms with Gasteiger partial charge in [-0.25, -0.2) is 12.1 Å². The van der Waals surface area contributed by atoms with Crippen LogP contribution in [0.2, 0.25) is 0 Å². The second-order valence-electron chi connectivity index (χ2n) is 2.37. The molecule has 0 aliphatic rings. The molecular formula is C11H15O2Yb. The van der Waals surface area contributed by atoms with Crippen LogP contribution < -0.4 is 10.2 Å². The van der Waals surface area contributed by atoms with E-state index in [1.807, 2.05) is 30.3 Å². The molecule has 85 valence electrons. The zero-order valence-corrected chi connectivity index (χ0v) is 10.1. The van der Waals surface area contributed by atoms with Gasteiger partial charge in [-0.1, -0.05) is 13.8 Å². The van der Waals surface area contributed by atoms with E-state index in [9.17, 15) is 10.2 Å². The van der Waals surface area contributed by atoms with Gasteiger partial charge in [-0.15, -0.1) is 24.7 Å². The SMILES string of the molecule is C=C(C)[O-].C=C(C)[O-].[Yb+3].c1cc[cH-]c1. The predicted octanol–water partition coefficient (Wildman–Crippen LogP) is 1.17. The number of hydrogen-bond acceptors (Lipinski definition) is 2. The van der Waals surface area contributed by atoms with Crippen LogP contribution in [0.15, 0.2) is 55.0 Å². The van der Waals surface area contributed by atoms with Crippen LogP contribution in [0.1, 0.15) is 13.8 Å². The van der Waals surface area contributed by atoms with E-state index >= 15 is 0 Å². The van der Waals surface area contributed by atoms with Crippen molar-refractivity contribution >= 4 is 0 Å². The molecule has 1 aromatic rings. The van der Waals surface area contributed by atoms with Gasteiger partial charge < -0.3 is 10.2 Å². The van der Waals surface area contributed by atoms with Crippen LogP contribution in [0.3, 0.4) is 0 Å². The second kappa shape index (κ2) is 15.4. The fraction of sp³-hybridized carbons (Fsp3) is 0.182. The van der Waals surface area contributed by atoms with Gasteiger partial charge in [-0.3, -0.25) is 0 Å². The fourth-order valence-corrected chi connectivity index (χ4v) is 0.321. The largest absolute Gasteiger partial charge is 3.00 e. The predicted molar refractivity (Wildman–Crippen MR) is 51.7 cm³/mol. The molecule has 0 heterocycles. The smallest absolute Gasteiger partial charge is 0.876 e. The van der Waals surface area contributed by atoms with Crippen LogP contribution in [0.5, 0.6) is 0 Å². The van der Waals surface area contributed by atoms with Crippen molar-refractivity contribution in [3.8, 4) is 0 Å². The summed E-state index contributed by atoms with van der Waals surface area (Å²) in [5.41, 5.74) is 0. The van der Waals surface area contributed by atoms with Gasteiger partial charge in [0.1, 0.15) is 0 Å². The third kappa shape index (κ3) is 58.5. The Morgan fingerprint density at radius 2 is 1.21 bits per heavy atom. The zero-order chi connectivity index (χ0) is 10.7. The molecular weight excluding hydrogens is 337 g/mol. The molecule has 0 spiro atoms. The van der Waals surface area contributed by atoms with E-state index in [0.29, 0.717) is 0 Å². The Bertz CT molecular complexity index is 178. The molecule has 3 heteroatoms. The molecule has 1 rings (SSSR count). The normalized spacial score (nSPS) is 6.43. The third-order valence-corrected chi connectivity index (χ3v) is 0.556. The minimum Gasteiger partial charge on any atom is -0.876 e. The van der Waals surface area contributed by atoms with Crippen LogP contribution in [-0.4, -0.2) is 0 Å². The van der Waals surface area contributed by atoms with Crippen molar-refractivity contribution in [3.05, 3.63) is 55.0 Å². The summed E-state index contributed by atoms with van der Waals surface area (Å²) >= 11 is 0. The van der Waals surface area contributed by atoms with Crippen molar-refractivity contribution in [1.29, 1.82) is 0 Å². The summed E-state index contributed by atoms with van der Waals surface area (Å²) in [7, 11) is 0. The molecule has 1 aromatic carbocycles. The van der Waals surface area contributed by atoms with E-state index in [1.165, 1.54) is 13.8 Å². The minimum atomic E-state index is -0.0833. The maximum atomic E-state index is 9.33. The van der Waals surface area contributed by atoms with Crippen molar-refractivity contribution in [1.82, 2.24) is 0 Å². The van der Waals surface area contributed by atoms with E-state index in [4.69, 9.17) is 0 Å². The maximum absolute atomic E-state index is 9.33. The third-order valence-electron chi connectivity index (χ3n) is 0.556. The number of allylic oxidation sites excluding steroid dienone is 2. The van der Waals surface area contributed by atoms with E-state index in [1.54, 1.807) is 0 Å². The van der Waals surface area contributed by atoms with Crippen molar-refractivity contribution in [2.75, 3.05) is 0 Å². The van der Waals surface area contributed by atoms with Gasteiger partial charge in [0.15, 0.2) is 0 Å². The topological polar surface area (TPSA) is 46.1 Å². The summed E-state index contributed by atoms with van der Waals surface area (Å²) in [6, 6.07) is 10.0. The van der Waals surface area contributed by atoms with Crippen LogP contribution in [0, 0.1) is 46.9 Å². The van der Waals surface area contributed by atoms with Crippen molar-refractivity contribution in [3.63, 3.8) is 0 Å². The Morgan fingerprint density at radius 1 is 1.00 bits per heavy atom. The molecule has 0 unspecified atom stereocenters. The summed E-state index contributed by atoms with van der Waals surface area (Å²) in [5.74, 6) is -0.167. The summed E-state index contributed by atoms with van der Waals surface area (Å²) in [5, 5.41) is 18.7. The first-order valence-corrected chi connectivity index (χ1v) is 3.78. The molecule has 0 saturated heterocycles. The average molecular weight is 352 g/mol. The molecule has 14 heavy (non-hydrogen) atoms. The Morgan fingerprint density at radius 3 is 1.29 bits per heavy atom. The first-order chi connectivity index (χ1) is 5.96. The Kier molecular flexibility index (Phi) is 21.5. The van der Waals surface area contributed by atoms with Gasteiger partial charge >= 0.3 is 46.9 Å². The molecule has 0 atom stereocenters. The molecule has 0 fully saturated rings. The molecule has 0 aliphatic heterocycles. The molecule has 2 nitrogen and oxygen atoms in total. The van der Waals surface area contributed by atoms with Gasteiger partial charge in [0.2, 0.25) is 0 Å². The number of hydrogen-bond donors (Lipinski definition) is 0. The van der Waals surface area contributed by atoms with Crippen LogP contribution in [0.4, 0.5) is 0 Å². The Labute approximate surface area is 125 Å². The number of rotatable bonds is 0. The monoisotopic (exact) mass is 353 g/mol. The molecule has 0 amide bonds. The van der Waals surface area contributed by atoms with Gasteiger partial charge in [0.05, 0.1) is 0 Å². The van der Waals surface area contributed by atoms with E-state index < -0.39 is 0 Å². The van der Waals surface area contributed by atoms with Gasteiger partial charge in [0, 0.05) is 0 Å². The van der Waals surface area contributed by atoms with Crippen LogP contribution in [0.25, 0.3) is 0 Å². The second-order valence-corrected chi connectivity index (χ2v) is 2.37. The summed E-state index contributed by atoms with van der Waals surface area (Å²) < 4.78 is 0.